The van der Waals surface area contributed by atoms with Gasteiger partial charge in [0.25, 0.3) is 0 Å². The van der Waals surface area contributed by atoms with E-state index in [2.05, 4.69) is 0 Å². The maximum absolute atomic E-state index is 12.9. The van der Waals surface area contributed by atoms with Crippen molar-refractivity contribution < 1.29 is 14.3 Å². The number of carbonyl (C=O) groups excluding carboxylic acids is 1. The molecule has 2 nitrogen and oxygen atoms in total. The summed E-state index contributed by atoms with van der Waals surface area (Å²) in [6, 6.07) is 4.14. The van der Waals surface area contributed by atoms with Crippen molar-refractivity contribution in [3.63, 3.8) is 0 Å². The topological polar surface area (TPSA) is 37.3 Å². The summed E-state index contributed by atoms with van der Waals surface area (Å²) < 4.78 is 12.9. The Labute approximate surface area is 81.4 Å². The minimum Gasteiger partial charge on any atom is -0.395 e. The SMILES string of the molecule is CC1(CO)Cc2cc(F)ccc2C1=O. The Morgan fingerprint density at radius 3 is 2.93 bits per heavy atom. The van der Waals surface area contributed by atoms with Crippen LogP contribution in [0.5, 0.6) is 0 Å². The van der Waals surface area contributed by atoms with Gasteiger partial charge < -0.3 is 5.11 Å². The maximum Gasteiger partial charge on any atom is 0.171 e. The first kappa shape index (κ1) is 9.34. The van der Waals surface area contributed by atoms with E-state index in [9.17, 15) is 9.18 Å². The first-order valence-electron chi connectivity index (χ1n) is 4.51. The molecule has 0 aromatic heterocycles. The molecule has 0 spiro atoms. The second-order valence-electron chi connectivity index (χ2n) is 4.03. The highest BCUT2D eigenvalue weighted by Crippen LogP contribution is 2.36. The molecule has 2 rings (SSSR count). The minimum absolute atomic E-state index is 0.0880. The summed E-state index contributed by atoms with van der Waals surface area (Å²) in [6.07, 6.45) is 0.426. The molecule has 0 amide bonds. The highest BCUT2D eigenvalue weighted by Gasteiger charge is 2.40. The summed E-state index contributed by atoms with van der Waals surface area (Å²) in [5.41, 5.74) is 0.491. The number of aliphatic hydroxyl groups is 1. The number of hydrogen-bond donors (Lipinski definition) is 1. The predicted molar refractivity (Wildman–Crippen MR) is 49.6 cm³/mol. The van der Waals surface area contributed by atoms with E-state index in [-0.39, 0.29) is 18.2 Å². The van der Waals surface area contributed by atoms with Crippen molar-refractivity contribution in [3.8, 4) is 0 Å². The lowest BCUT2D eigenvalue weighted by atomic mass is 9.87. The molecule has 0 fully saturated rings. The number of halogens is 1. The van der Waals surface area contributed by atoms with E-state index in [1.807, 2.05) is 0 Å². The van der Waals surface area contributed by atoms with Gasteiger partial charge in [0.05, 0.1) is 12.0 Å². The van der Waals surface area contributed by atoms with Crippen LogP contribution in [-0.2, 0) is 6.42 Å². The standard InChI is InChI=1S/C11H11FO2/c1-11(6-13)5-7-4-8(12)2-3-9(7)10(11)14/h2-4,13H,5-6H2,1H3. The number of aliphatic hydroxyl groups excluding tert-OH is 1. The van der Waals surface area contributed by atoms with Crippen LogP contribution in [0.3, 0.4) is 0 Å². The molecule has 1 aromatic carbocycles. The summed E-state index contributed by atoms with van der Waals surface area (Å²) in [4.78, 5) is 11.8. The Morgan fingerprint density at radius 2 is 2.29 bits per heavy atom. The number of rotatable bonds is 1. The van der Waals surface area contributed by atoms with E-state index in [1.54, 1.807) is 6.92 Å². The molecule has 74 valence electrons. The van der Waals surface area contributed by atoms with Gasteiger partial charge in [0.1, 0.15) is 5.82 Å². The third-order valence-corrected chi connectivity index (χ3v) is 2.79. The zero-order chi connectivity index (χ0) is 10.3. The van der Waals surface area contributed by atoms with Crippen LogP contribution in [0.15, 0.2) is 18.2 Å². The molecule has 3 heteroatoms. The van der Waals surface area contributed by atoms with Crippen molar-refractivity contribution in [1.29, 1.82) is 0 Å². The molecule has 1 atom stereocenters. The number of Topliss-reactive ketones (excluding diaryl/α,β-unsaturated/α-hetero) is 1. The lowest BCUT2D eigenvalue weighted by Crippen LogP contribution is -2.28. The lowest BCUT2D eigenvalue weighted by molar-refractivity contribution is 0.0722. The molecular formula is C11H11FO2. The number of fused-ring (bicyclic) bond motifs is 1. The average Bonchev–Trinajstić information content (AvgIpc) is 2.40. The van der Waals surface area contributed by atoms with Crippen molar-refractivity contribution in [2.75, 3.05) is 6.61 Å². The van der Waals surface area contributed by atoms with Gasteiger partial charge >= 0.3 is 0 Å². The fourth-order valence-corrected chi connectivity index (χ4v) is 1.88. The van der Waals surface area contributed by atoms with Crippen LogP contribution in [0.25, 0.3) is 0 Å². The Hall–Kier alpha value is -1.22. The zero-order valence-corrected chi connectivity index (χ0v) is 7.88. The summed E-state index contributed by atoms with van der Waals surface area (Å²) >= 11 is 0. The summed E-state index contributed by atoms with van der Waals surface area (Å²) in [7, 11) is 0. The van der Waals surface area contributed by atoms with Gasteiger partial charge in [-0.1, -0.05) is 0 Å². The van der Waals surface area contributed by atoms with Gasteiger partial charge in [-0.15, -0.1) is 0 Å². The quantitative estimate of drug-likeness (QED) is 0.736. The highest BCUT2D eigenvalue weighted by molar-refractivity contribution is 6.04. The maximum atomic E-state index is 12.9. The largest absolute Gasteiger partial charge is 0.395 e. The second kappa shape index (κ2) is 2.89. The molecule has 0 heterocycles. The molecule has 0 saturated heterocycles. The molecule has 1 aliphatic carbocycles. The first-order chi connectivity index (χ1) is 6.57. The van der Waals surface area contributed by atoms with Crippen LogP contribution in [0.4, 0.5) is 4.39 Å². The molecule has 1 unspecified atom stereocenters. The molecule has 0 bridgehead atoms. The second-order valence-corrected chi connectivity index (χ2v) is 4.03. The third kappa shape index (κ3) is 1.16. The van der Waals surface area contributed by atoms with Crippen molar-refractivity contribution in [1.82, 2.24) is 0 Å². The zero-order valence-electron chi connectivity index (χ0n) is 7.88. The monoisotopic (exact) mass is 194 g/mol. The van der Waals surface area contributed by atoms with E-state index in [0.29, 0.717) is 17.5 Å². The predicted octanol–water partition coefficient (Wildman–Crippen LogP) is 1.56. The fourth-order valence-electron chi connectivity index (χ4n) is 1.88. The van der Waals surface area contributed by atoms with Crippen LogP contribution in [0.2, 0.25) is 0 Å². The van der Waals surface area contributed by atoms with Crippen molar-refractivity contribution in [2.24, 2.45) is 5.41 Å². The van der Waals surface area contributed by atoms with E-state index in [4.69, 9.17) is 5.11 Å². The van der Waals surface area contributed by atoms with Gasteiger partial charge in [-0.05, 0) is 37.1 Å². The van der Waals surface area contributed by atoms with Crippen LogP contribution in [0, 0.1) is 11.2 Å². The van der Waals surface area contributed by atoms with Crippen molar-refractivity contribution >= 4 is 5.78 Å². The molecule has 0 aliphatic heterocycles. The van der Waals surface area contributed by atoms with E-state index >= 15 is 0 Å². The molecular weight excluding hydrogens is 183 g/mol. The van der Waals surface area contributed by atoms with E-state index in [1.165, 1.54) is 18.2 Å². The molecule has 14 heavy (non-hydrogen) atoms. The van der Waals surface area contributed by atoms with Crippen LogP contribution < -0.4 is 0 Å². The van der Waals surface area contributed by atoms with Gasteiger partial charge in [0.15, 0.2) is 5.78 Å². The number of benzene rings is 1. The summed E-state index contributed by atoms with van der Waals surface area (Å²) in [5, 5.41) is 9.12. The van der Waals surface area contributed by atoms with E-state index < -0.39 is 5.41 Å². The fraction of sp³-hybridized carbons (Fsp3) is 0.364. The van der Waals surface area contributed by atoms with E-state index in [0.717, 1.165) is 0 Å². The smallest absolute Gasteiger partial charge is 0.171 e. The molecule has 1 N–H and O–H groups in total. The normalized spacial score (nSPS) is 25.2. The van der Waals surface area contributed by atoms with Crippen LogP contribution in [0.1, 0.15) is 22.8 Å². The third-order valence-electron chi connectivity index (χ3n) is 2.79. The Kier molecular flexibility index (Phi) is 1.93. The number of carbonyl (C=O) groups is 1. The van der Waals surface area contributed by atoms with Gasteiger partial charge in [0.2, 0.25) is 0 Å². The Morgan fingerprint density at radius 1 is 1.57 bits per heavy atom. The van der Waals surface area contributed by atoms with Crippen molar-refractivity contribution in [3.05, 3.63) is 35.1 Å². The minimum atomic E-state index is -0.754. The van der Waals surface area contributed by atoms with Crippen LogP contribution >= 0.6 is 0 Å². The number of ketones is 1. The highest BCUT2D eigenvalue weighted by atomic mass is 19.1. The Balaban J connectivity index is 2.51. The lowest BCUT2D eigenvalue weighted by Gasteiger charge is -2.17. The Bertz CT molecular complexity index is 400. The van der Waals surface area contributed by atoms with Gasteiger partial charge in [-0.2, -0.15) is 0 Å². The van der Waals surface area contributed by atoms with Gasteiger partial charge in [-0.3, -0.25) is 4.79 Å². The van der Waals surface area contributed by atoms with Crippen LogP contribution in [-0.4, -0.2) is 17.5 Å². The van der Waals surface area contributed by atoms with Crippen molar-refractivity contribution in [2.45, 2.75) is 13.3 Å². The van der Waals surface area contributed by atoms with Gasteiger partial charge in [-0.25, -0.2) is 4.39 Å². The average molecular weight is 194 g/mol. The summed E-state index contributed by atoms with van der Waals surface area (Å²) in [5.74, 6) is -0.422. The molecule has 1 aromatic rings. The molecule has 0 saturated carbocycles. The summed E-state index contributed by atoms with van der Waals surface area (Å²) in [6.45, 7) is 1.51. The first-order valence-corrected chi connectivity index (χ1v) is 4.51. The number of hydrogen-bond acceptors (Lipinski definition) is 2. The molecule has 0 radical (unpaired) electrons. The molecule has 1 aliphatic rings. The van der Waals surface area contributed by atoms with Gasteiger partial charge in [0, 0.05) is 5.56 Å².